The van der Waals surface area contributed by atoms with E-state index >= 15 is 0 Å². The molecule has 3 aromatic heterocycles. The second-order valence-corrected chi connectivity index (χ2v) is 9.33. The average molecular weight is 472 g/mol. The van der Waals surface area contributed by atoms with Crippen LogP contribution >= 0.6 is 0 Å². The number of aromatic nitrogens is 4. The van der Waals surface area contributed by atoms with Gasteiger partial charge in [0.05, 0.1) is 30.2 Å². The Hall–Kier alpha value is -3.56. The fourth-order valence-electron chi connectivity index (χ4n) is 5.08. The second kappa shape index (κ2) is 9.24. The van der Waals surface area contributed by atoms with Gasteiger partial charge in [-0.2, -0.15) is 0 Å². The third kappa shape index (κ3) is 4.33. The maximum absolute atomic E-state index is 9.80. The Balaban J connectivity index is 1.38. The van der Waals surface area contributed by atoms with Crippen LogP contribution in [-0.4, -0.2) is 63.5 Å². The van der Waals surface area contributed by atoms with E-state index in [1.807, 2.05) is 12.3 Å². The summed E-state index contributed by atoms with van der Waals surface area (Å²) in [5, 5.41) is 16.2. The highest BCUT2D eigenvalue weighted by Crippen LogP contribution is 2.34. The SMILES string of the molecule is Nc1ncc(-c2ccc3c(N4CCOCC4)nccc3c2)c2nc(NC3CCC(O)CC3)ncc12. The summed E-state index contributed by atoms with van der Waals surface area (Å²) in [5.41, 5.74) is 8.87. The molecule has 0 bridgehead atoms. The molecular formula is C26H29N7O2. The fourth-order valence-corrected chi connectivity index (χ4v) is 5.08. The highest BCUT2D eigenvalue weighted by atomic mass is 16.5. The van der Waals surface area contributed by atoms with Gasteiger partial charge in [0.2, 0.25) is 5.95 Å². The van der Waals surface area contributed by atoms with Gasteiger partial charge in [-0.25, -0.2) is 19.9 Å². The average Bonchev–Trinajstić information content (AvgIpc) is 2.90. The lowest BCUT2D eigenvalue weighted by molar-refractivity contribution is 0.122. The molecule has 0 atom stereocenters. The van der Waals surface area contributed by atoms with Crippen molar-refractivity contribution in [3.05, 3.63) is 42.9 Å². The predicted molar refractivity (Wildman–Crippen MR) is 137 cm³/mol. The monoisotopic (exact) mass is 471 g/mol. The van der Waals surface area contributed by atoms with Gasteiger partial charge < -0.3 is 25.8 Å². The van der Waals surface area contributed by atoms with Crippen LogP contribution in [0.4, 0.5) is 17.6 Å². The molecule has 4 heterocycles. The molecule has 2 fully saturated rings. The molecule has 6 rings (SSSR count). The predicted octanol–water partition coefficient (Wildman–Crippen LogP) is 3.37. The van der Waals surface area contributed by atoms with Crippen LogP contribution in [-0.2, 0) is 4.74 Å². The van der Waals surface area contributed by atoms with Gasteiger partial charge in [-0.1, -0.05) is 12.1 Å². The van der Waals surface area contributed by atoms with E-state index in [9.17, 15) is 5.11 Å². The van der Waals surface area contributed by atoms with Crippen molar-refractivity contribution in [2.75, 3.05) is 42.3 Å². The Morgan fingerprint density at radius 1 is 0.971 bits per heavy atom. The molecule has 1 aliphatic carbocycles. The number of morpholine rings is 1. The zero-order chi connectivity index (χ0) is 23.8. The number of ether oxygens (including phenoxy) is 1. The van der Waals surface area contributed by atoms with Crippen molar-refractivity contribution in [2.45, 2.75) is 37.8 Å². The lowest BCUT2D eigenvalue weighted by atomic mass is 9.93. The van der Waals surface area contributed by atoms with Crippen LogP contribution in [0.1, 0.15) is 25.7 Å². The largest absolute Gasteiger partial charge is 0.393 e. The maximum atomic E-state index is 9.80. The molecule has 9 nitrogen and oxygen atoms in total. The van der Waals surface area contributed by atoms with Gasteiger partial charge >= 0.3 is 0 Å². The van der Waals surface area contributed by atoms with E-state index in [4.69, 9.17) is 15.5 Å². The summed E-state index contributed by atoms with van der Waals surface area (Å²) < 4.78 is 5.51. The van der Waals surface area contributed by atoms with Gasteiger partial charge in [-0.15, -0.1) is 0 Å². The molecule has 1 saturated carbocycles. The molecule has 0 unspecified atom stereocenters. The zero-order valence-electron chi connectivity index (χ0n) is 19.5. The first-order chi connectivity index (χ1) is 17.2. The van der Waals surface area contributed by atoms with E-state index in [0.717, 1.165) is 90.6 Å². The van der Waals surface area contributed by atoms with E-state index in [1.54, 1.807) is 12.4 Å². The number of nitrogens with zero attached hydrogens (tertiary/aromatic N) is 5. The van der Waals surface area contributed by atoms with Crippen LogP contribution in [0, 0.1) is 0 Å². The molecule has 180 valence electrons. The number of nitrogens with one attached hydrogen (secondary N) is 1. The van der Waals surface area contributed by atoms with Crippen LogP contribution in [0.5, 0.6) is 0 Å². The van der Waals surface area contributed by atoms with Gasteiger partial charge in [0.25, 0.3) is 0 Å². The summed E-state index contributed by atoms with van der Waals surface area (Å²) in [6.45, 7) is 3.12. The number of nitrogen functional groups attached to an aromatic ring is 1. The van der Waals surface area contributed by atoms with E-state index in [-0.39, 0.29) is 12.1 Å². The summed E-state index contributed by atoms with van der Waals surface area (Å²) in [6, 6.07) is 8.67. The summed E-state index contributed by atoms with van der Waals surface area (Å²) in [7, 11) is 0. The van der Waals surface area contributed by atoms with E-state index in [2.05, 4.69) is 43.4 Å². The van der Waals surface area contributed by atoms with Gasteiger partial charge in [0.15, 0.2) is 0 Å². The van der Waals surface area contributed by atoms with Crippen molar-refractivity contribution in [1.29, 1.82) is 0 Å². The number of benzene rings is 1. The molecule has 4 N–H and O–H groups in total. The van der Waals surface area contributed by atoms with E-state index < -0.39 is 0 Å². The number of nitrogens with two attached hydrogens (primary N) is 1. The topological polar surface area (TPSA) is 122 Å². The molecule has 2 aliphatic rings. The van der Waals surface area contributed by atoms with E-state index in [1.165, 1.54) is 0 Å². The number of rotatable bonds is 4. The molecule has 35 heavy (non-hydrogen) atoms. The maximum Gasteiger partial charge on any atom is 0.223 e. The number of hydrogen-bond donors (Lipinski definition) is 3. The van der Waals surface area contributed by atoms with Gasteiger partial charge in [-0.3, -0.25) is 0 Å². The van der Waals surface area contributed by atoms with Crippen LogP contribution in [0.2, 0.25) is 0 Å². The van der Waals surface area contributed by atoms with Crippen molar-refractivity contribution in [3.8, 4) is 11.1 Å². The quantitative estimate of drug-likeness (QED) is 0.411. The standard InChI is InChI=1S/C26H29N7O2/c27-24-22-15-30-26(31-18-2-4-19(34)5-3-18)32-23(22)21(14-29-24)16-1-6-20-17(13-16)7-8-28-25(20)33-9-11-35-12-10-33/h1,6-8,13-15,18-19,34H,2-5,9-12H2,(H2,27,29)(H,30,31,32). The first-order valence-corrected chi connectivity index (χ1v) is 12.2. The number of anilines is 3. The van der Waals surface area contributed by atoms with Crippen LogP contribution in [0.15, 0.2) is 42.9 Å². The summed E-state index contributed by atoms with van der Waals surface area (Å²) in [4.78, 5) is 20.7. The summed E-state index contributed by atoms with van der Waals surface area (Å²) in [6.07, 6.45) is 8.59. The van der Waals surface area contributed by atoms with Gasteiger partial charge in [-0.05, 0) is 48.8 Å². The molecule has 1 aliphatic heterocycles. The van der Waals surface area contributed by atoms with Crippen molar-refractivity contribution in [1.82, 2.24) is 19.9 Å². The van der Waals surface area contributed by atoms with Crippen LogP contribution in [0.3, 0.4) is 0 Å². The molecule has 1 saturated heterocycles. The van der Waals surface area contributed by atoms with Crippen molar-refractivity contribution in [2.24, 2.45) is 0 Å². The molecule has 1 aromatic carbocycles. The van der Waals surface area contributed by atoms with Crippen molar-refractivity contribution < 1.29 is 9.84 Å². The lowest BCUT2D eigenvalue weighted by Crippen LogP contribution is -2.36. The first kappa shape index (κ1) is 21.9. The highest BCUT2D eigenvalue weighted by Gasteiger charge is 2.21. The minimum absolute atomic E-state index is 0.199. The second-order valence-electron chi connectivity index (χ2n) is 9.33. The smallest absolute Gasteiger partial charge is 0.223 e. The Bertz CT molecular complexity index is 1360. The van der Waals surface area contributed by atoms with Crippen molar-refractivity contribution >= 4 is 39.3 Å². The Morgan fingerprint density at radius 3 is 2.63 bits per heavy atom. The van der Waals surface area contributed by atoms with Crippen LogP contribution < -0.4 is 16.0 Å². The Labute approximate surface area is 203 Å². The number of hydrogen-bond acceptors (Lipinski definition) is 9. The molecule has 0 radical (unpaired) electrons. The van der Waals surface area contributed by atoms with Crippen molar-refractivity contribution in [3.63, 3.8) is 0 Å². The third-order valence-corrected chi connectivity index (χ3v) is 7.05. The Kier molecular flexibility index (Phi) is 5.79. The number of aliphatic hydroxyl groups is 1. The number of pyridine rings is 2. The number of fused-ring (bicyclic) bond motifs is 2. The highest BCUT2D eigenvalue weighted by molar-refractivity contribution is 6.01. The minimum atomic E-state index is -0.199. The summed E-state index contributed by atoms with van der Waals surface area (Å²) in [5.74, 6) is 1.98. The van der Waals surface area contributed by atoms with E-state index in [0.29, 0.717) is 11.8 Å². The Morgan fingerprint density at radius 2 is 1.80 bits per heavy atom. The normalized spacial score (nSPS) is 20.9. The minimum Gasteiger partial charge on any atom is -0.393 e. The lowest BCUT2D eigenvalue weighted by Gasteiger charge is -2.28. The molecule has 0 spiro atoms. The third-order valence-electron chi connectivity index (χ3n) is 7.05. The molecule has 9 heteroatoms. The fraction of sp³-hybridized carbons (Fsp3) is 0.385. The molecular weight excluding hydrogens is 442 g/mol. The number of aliphatic hydroxyl groups excluding tert-OH is 1. The zero-order valence-corrected chi connectivity index (χ0v) is 19.5. The van der Waals surface area contributed by atoms with Crippen LogP contribution in [0.25, 0.3) is 32.8 Å². The molecule has 4 aromatic rings. The summed E-state index contributed by atoms with van der Waals surface area (Å²) >= 11 is 0. The van der Waals surface area contributed by atoms with Gasteiger partial charge in [0.1, 0.15) is 11.6 Å². The first-order valence-electron chi connectivity index (χ1n) is 12.2. The van der Waals surface area contributed by atoms with Gasteiger partial charge in [0, 0.05) is 48.7 Å². The molecule has 0 amide bonds.